The van der Waals surface area contributed by atoms with Crippen LogP contribution in [-0.4, -0.2) is 16.3 Å². The highest BCUT2D eigenvalue weighted by Crippen LogP contribution is 2.01. The zero-order chi connectivity index (χ0) is 11.3. The SMILES string of the molecule is CCCn1ncc(NCC(C)C)cc1=O. The molecule has 15 heavy (non-hydrogen) atoms. The second-order valence-corrected chi connectivity index (χ2v) is 4.08. The Balaban J connectivity index is 2.69. The number of rotatable bonds is 5. The molecule has 84 valence electrons. The van der Waals surface area contributed by atoms with Crippen LogP contribution in [0.4, 0.5) is 5.69 Å². The van der Waals surface area contributed by atoms with Crippen LogP contribution in [0.2, 0.25) is 0 Å². The van der Waals surface area contributed by atoms with Crippen molar-refractivity contribution in [1.29, 1.82) is 0 Å². The van der Waals surface area contributed by atoms with Crippen molar-refractivity contribution in [3.63, 3.8) is 0 Å². The lowest BCUT2D eigenvalue weighted by atomic mass is 10.2. The Morgan fingerprint density at radius 2 is 2.27 bits per heavy atom. The lowest BCUT2D eigenvalue weighted by Gasteiger charge is -2.09. The molecule has 1 aromatic heterocycles. The zero-order valence-electron chi connectivity index (χ0n) is 9.66. The van der Waals surface area contributed by atoms with E-state index >= 15 is 0 Å². The molecule has 0 radical (unpaired) electrons. The fourth-order valence-corrected chi connectivity index (χ4v) is 1.23. The number of nitrogens with zero attached hydrogens (tertiary/aromatic N) is 2. The minimum absolute atomic E-state index is 0.0365. The van der Waals surface area contributed by atoms with Crippen LogP contribution in [0.15, 0.2) is 17.1 Å². The summed E-state index contributed by atoms with van der Waals surface area (Å²) >= 11 is 0. The first-order valence-corrected chi connectivity index (χ1v) is 5.44. The molecule has 0 aliphatic heterocycles. The average Bonchev–Trinajstić information content (AvgIpc) is 2.19. The van der Waals surface area contributed by atoms with Gasteiger partial charge in [-0.05, 0) is 12.3 Å². The van der Waals surface area contributed by atoms with Crippen LogP contribution < -0.4 is 10.9 Å². The summed E-state index contributed by atoms with van der Waals surface area (Å²) in [5.41, 5.74) is 0.770. The van der Waals surface area contributed by atoms with Gasteiger partial charge in [0.15, 0.2) is 0 Å². The van der Waals surface area contributed by atoms with Crippen molar-refractivity contribution in [2.75, 3.05) is 11.9 Å². The minimum Gasteiger partial charge on any atom is -0.383 e. The largest absolute Gasteiger partial charge is 0.383 e. The molecule has 1 heterocycles. The van der Waals surface area contributed by atoms with Gasteiger partial charge in [0.1, 0.15) is 0 Å². The number of hydrogen-bond acceptors (Lipinski definition) is 3. The first-order valence-electron chi connectivity index (χ1n) is 5.44. The van der Waals surface area contributed by atoms with Gasteiger partial charge >= 0.3 is 0 Å². The van der Waals surface area contributed by atoms with Crippen molar-refractivity contribution in [2.45, 2.75) is 33.7 Å². The van der Waals surface area contributed by atoms with Crippen molar-refractivity contribution in [3.8, 4) is 0 Å². The highest BCUT2D eigenvalue weighted by molar-refractivity contribution is 5.38. The van der Waals surface area contributed by atoms with Crippen molar-refractivity contribution in [3.05, 3.63) is 22.6 Å². The average molecular weight is 209 g/mol. The molecular weight excluding hydrogens is 190 g/mol. The Hall–Kier alpha value is -1.32. The highest BCUT2D eigenvalue weighted by Gasteiger charge is 1.99. The molecule has 0 fully saturated rings. The standard InChI is InChI=1S/C11H19N3O/c1-4-5-14-11(15)6-10(8-13-14)12-7-9(2)3/h6,8-9,12H,4-5,7H2,1-3H3. The van der Waals surface area contributed by atoms with Crippen LogP contribution in [-0.2, 0) is 6.54 Å². The maximum atomic E-state index is 11.5. The summed E-state index contributed by atoms with van der Waals surface area (Å²) in [6.45, 7) is 7.82. The van der Waals surface area contributed by atoms with Crippen molar-refractivity contribution in [2.24, 2.45) is 5.92 Å². The van der Waals surface area contributed by atoms with Gasteiger partial charge in [0.25, 0.3) is 5.56 Å². The molecule has 0 amide bonds. The van der Waals surface area contributed by atoms with E-state index in [1.165, 1.54) is 4.68 Å². The fraction of sp³-hybridized carbons (Fsp3) is 0.636. The van der Waals surface area contributed by atoms with E-state index in [0.29, 0.717) is 12.5 Å². The maximum absolute atomic E-state index is 11.5. The Kier molecular flexibility index (Phi) is 4.34. The van der Waals surface area contributed by atoms with Gasteiger partial charge in [-0.1, -0.05) is 20.8 Å². The third-order valence-electron chi connectivity index (χ3n) is 2.02. The molecule has 0 atom stereocenters. The van der Waals surface area contributed by atoms with Gasteiger partial charge in [-0.3, -0.25) is 4.79 Å². The third kappa shape index (κ3) is 3.73. The highest BCUT2D eigenvalue weighted by atomic mass is 16.1. The van der Waals surface area contributed by atoms with Crippen LogP contribution >= 0.6 is 0 Å². The zero-order valence-corrected chi connectivity index (χ0v) is 9.66. The van der Waals surface area contributed by atoms with Gasteiger partial charge in [0, 0.05) is 19.2 Å². The number of hydrogen-bond donors (Lipinski definition) is 1. The molecular formula is C11H19N3O. The van der Waals surface area contributed by atoms with Crippen LogP contribution in [0.25, 0.3) is 0 Å². The fourth-order valence-electron chi connectivity index (χ4n) is 1.23. The smallest absolute Gasteiger partial charge is 0.268 e. The van der Waals surface area contributed by atoms with Crippen molar-refractivity contribution < 1.29 is 0 Å². The molecule has 0 unspecified atom stereocenters. The first-order chi connectivity index (χ1) is 7.13. The van der Waals surface area contributed by atoms with Gasteiger partial charge in [-0.2, -0.15) is 5.10 Å². The predicted octanol–water partition coefficient (Wildman–Crippen LogP) is 1.72. The predicted molar refractivity (Wildman–Crippen MR) is 62.1 cm³/mol. The molecule has 4 nitrogen and oxygen atoms in total. The van der Waals surface area contributed by atoms with Crippen LogP contribution in [0.3, 0.4) is 0 Å². The molecule has 1 aromatic rings. The topological polar surface area (TPSA) is 46.9 Å². The van der Waals surface area contributed by atoms with Crippen LogP contribution in [0.5, 0.6) is 0 Å². The molecule has 0 aliphatic rings. The van der Waals surface area contributed by atoms with Crippen molar-refractivity contribution >= 4 is 5.69 Å². The Bertz CT molecular complexity index is 357. The summed E-state index contributed by atoms with van der Waals surface area (Å²) in [5, 5.41) is 7.27. The Labute approximate surface area is 90.3 Å². The number of aromatic nitrogens is 2. The third-order valence-corrected chi connectivity index (χ3v) is 2.02. The van der Waals surface area contributed by atoms with E-state index in [1.807, 2.05) is 6.92 Å². The van der Waals surface area contributed by atoms with Gasteiger partial charge < -0.3 is 5.32 Å². The summed E-state index contributed by atoms with van der Waals surface area (Å²) in [4.78, 5) is 11.5. The quantitative estimate of drug-likeness (QED) is 0.803. The molecule has 4 heteroatoms. The molecule has 0 saturated heterocycles. The Morgan fingerprint density at radius 1 is 1.53 bits per heavy atom. The van der Waals surface area contributed by atoms with Crippen LogP contribution in [0.1, 0.15) is 27.2 Å². The van der Waals surface area contributed by atoms with Crippen LogP contribution in [0, 0.1) is 5.92 Å². The summed E-state index contributed by atoms with van der Waals surface area (Å²) in [6.07, 6.45) is 2.63. The van der Waals surface area contributed by atoms with E-state index in [4.69, 9.17) is 0 Å². The normalized spacial score (nSPS) is 10.7. The van der Waals surface area contributed by atoms with E-state index in [2.05, 4.69) is 24.3 Å². The van der Waals surface area contributed by atoms with Gasteiger partial charge in [0.2, 0.25) is 0 Å². The van der Waals surface area contributed by atoms with E-state index in [-0.39, 0.29) is 5.56 Å². The van der Waals surface area contributed by atoms with Crippen molar-refractivity contribution in [1.82, 2.24) is 9.78 Å². The second-order valence-electron chi connectivity index (χ2n) is 4.08. The number of anilines is 1. The molecule has 1 N–H and O–H groups in total. The second kappa shape index (κ2) is 5.53. The number of aryl methyl sites for hydroxylation is 1. The van der Waals surface area contributed by atoms with Gasteiger partial charge in [-0.15, -0.1) is 0 Å². The summed E-state index contributed by atoms with van der Waals surface area (Å²) in [6, 6.07) is 1.60. The molecule has 0 aromatic carbocycles. The summed E-state index contributed by atoms with van der Waals surface area (Å²) in [7, 11) is 0. The summed E-state index contributed by atoms with van der Waals surface area (Å²) < 4.78 is 1.49. The first kappa shape index (κ1) is 11.8. The molecule has 1 rings (SSSR count). The maximum Gasteiger partial charge on any atom is 0.268 e. The molecule has 0 aliphatic carbocycles. The van der Waals surface area contributed by atoms with E-state index in [9.17, 15) is 4.79 Å². The monoisotopic (exact) mass is 209 g/mol. The lowest BCUT2D eigenvalue weighted by Crippen LogP contribution is -2.22. The summed E-state index contributed by atoms with van der Waals surface area (Å²) in [5.74, 6) is 0.558. The minimum atomic E-state index is -0.0365. The van der Waals surface area contributed by atoms with E-state index < -0.39 is 0 Å². The van der Waals surface area contributed by atoms with Gasteiger partial charge in [-0.25, -0.2) is 4.68 Å². The van der Waals surface area contributed by atoms with E-state index in [0.717, 1.165) is 18.7 Å². The molecule has 0 spiro atoms. The molecule has 0 saturated carbocycles. The Morgan fingerprint density at radius 3 is 2.80 bits per heavy atom. The number of nitrogens with one attached hydrogen (secondary N) is 1. The van der Waals surface area contributed by atoms with E-state index in [1.54, 1.807) is 12.3 Å². The lowest BCUT2D eigenvalue weighted by molar-refractivity contribution is 0.568. The van der Waals surface area contributed by atoms with Gasteiger partial charge in [0.05, 0.1) is 11.9 Å². The molecule has 0 bridgehead atoms.